The van der Waals surface area contributed by atoms with Crippen LogP contribution in [0.2, 0.25) is 0 Å². The lowest BCUT2D eigenvalue weighted by Crippen LogP contribution is -2.49. The third kappa shape index (κ3) is 1.13. The molecule has 0 N–H and O–H groups in total. The van der Waals surface area contributed by atoms with E-state index in [4.69, 9.17) is 0 Å². The number of likely N-dealkylation sites (N-methyl/N-ethyl adjacent to an activating group) is 1. The van der Waals surface area contributed by atoms with Crippen molar-refractivity contribution in [3.05, 3.63) is 0 Å². The van der Waals surface area contributed by atoms with Crippen molar-refractivity contribution >= 4 is 5.91 Å². The molecule has 11 heavy (non-hydrogen) atoms. The first-order valence-electron chi connectivity index (χ1n) is 4.25. The molecule has 0 aromatic rings. The number of carbonyl (C=O) groups excluding carboxylic acids is 1. The fourth-order valence-corrected chi connectivity index (χ4v) is 2.02. The van der Waals surface area contributed by atoms with Gasteiger partial charge in [-0.25, -0.2) is 0 Å². The highest BCUT2D eigenvalue weighted by Gasteiger charge is 2.33. The van der Waals surface area contributed by atoms with Crippen molar-refractivity contribution in [3.63, 3.8) is 0 Å². The molecule has 3 heteroatoms. The molecule has 2 saturated heterocycles. The van der Waals surface area contributed by atoms with Crippen LogP contribution < -0.4 is 0 Å². The van der Waals surface area contributed by atoms with Gasteiger partial charge in [0.2, 0.25) is 5.91 Å². The molecule has 1 atom stereocenters. The lowest BCUT2D eigenvalue weighted by molar-refractivity contribution is -0.130. The lowest BCUT2D eigenvalue weighted by Gasteiger charge is -2.35. The highest BCUT2D eigenvalue weighted by molar-refractivity contribution is 5.78. The first-order valence-corrected chi connectivity index (χ1v) is 4.25. The van der Waals surface area contributed by atoms with Crippen LogP contribution in [0.15, 0.2) is 0 Å². The molecule has 0 spiro atoms. The molecule has 0 radical (unpaired) electrons. The maximum absolute atomic E-state index is 11.2. The predicted octanol–water partition coefficient (Wildman–Crippen LogP) is -0.0772. The molecule has 2 aliphatic rings. The van der Waals surface area contributed by atoms with Crippen LogP contribution in [0.25, 0.3) is 0 Å². The minimum Gasteiger partial charge on any atom is -0.337 e. The quantitative estimate of drug-likeness (QED) is 0.487. The van der Waals surface area contributed by atoms with E-state index >= 15 is 0 Å². The van der Waals surface area contributed by atoms with Crippen LogP contribution in [0, 0.1) is 0 Å². The second-order valence-corrected chi connectivity index (χ2v) is 3.54. The number of amides is 1. The van der Waals surface area contributed by atoms with Crippen LogP contribution in [-0.4, -0.2) is 48.4 Å². The number of fused-ring (bicyclic) bond motifs is 1. The summed E-state index contributed by atoms with van der Waals surface area (Å²) in [7, 11) is 2.13. The molecule has 3 nitrogen and oxygen atoms in total. The molecule has 0 bridgehead atoms. The highest BCUT2D eigenvalue weighted by atomic mass is 16.2. The number of piperazine rings is 1. The monoisotopic (exact) mass is 154 g/mol. The van der Waals surface area contributed by atoms with Gasteiger partial charge in [-0.3, -0.25) is 4.79 Å². The second kappa shape index (κ2) is 2.48. The number of hydrogen-bond donors (Lipinski definition) is 0. The molecule has 2 heterocycles. The zero-order valence-corrected chi connectivity index (χ0v) is 6.92. The van der Waals surface area contributed by atoms with E-state index in [1.54, 1.807) is 0 Å². The number of rotatable bonds is 0. The number of hydrogen-bond acceptors (Lipinski definition) is 2. The predicted molar refractivity (Wildman–Crippen MR) is 42.2 cm³/mol. The standard InChI is InChI=1S/C8H14N2O/c1-9-4-5-10-7(6-9)2-3-8(10)11/h7H,2-6H2,1H3/t7-/m1/s1. The Balaban J connectivity index is 2.06. The summed E-state index contributed by atoms with van der Waals surface area (Å²) in [6, 6.07) is 0.529. The van der Waals surface area contributed by atoms with Crippen LogP contribution in [0.3, 0.4) is 0 Å². The Morgan fingerprint density at radius 1 is 1.45 bits per heavy atom. The first-order chi connectivity index (χ1) is 5.27. The van der Waals surface area contributed by atoms with Crippen molar-refractivity contribution in [1.82, 2.24) is 9.80 Å². The minimum absolute atomic E-state index is 0.364. The average Bonchev–Trinajstić information content (AvgIpc) is 2.32. The first kappa shape index (κ1) is 7.10. The number of carbonyl (C=O) groups is 1. The van der Waals surface area contributed by atoms with Crippen molar-refractivity contribution in [2.75, 3.05) is 26.7 Å². The fourth-order valence-electron chi connectivity index (χ4n) is 2.02. The molecule has 0 unspecified atom stereocenters. The molecule has 62 valence electrons. The van der Waals surface area contributed by atoms with Crippen molar-refractivity contribution in [2.24, 2.45) is 0 Å². The van der Waals surface area contributed by atoms with E-state index in [9.17, 15) is 4.79 Å². The molecule has 1 amide bonds. The Hall–Kier alpha value is -0.570. The largest absolute Gasteiger partial charge is 0.337 e. The van der Waals surface area contributed by atoms with Gasteiger partial charge in [-0.2, -0.15) is 0 Å². The average molecular weight is 154 g/mol. The summed E-state index contributed by atoms with van der Waals surface area (Å²) < 4.78 is 0. The molecule has 0 aliphatic carbocycles. The summed E-state index contributed by atoms with van der Waals surface area (Å²) >= 11 is 0. The zero-order chi connectivity index (χ0) is 7.84. The van der Waals surface area contributed by atoms with Gasteiger partial charge in [-0.15, -0.1) is 0 Å². The molecule has 2 rings (SSSR count). The van der Waals surface area contributed by atoms with Crippen LogP contribution >= 0.6 is 0 Å². The molecule has 0 aromatic carbocycles. The smallest absolute Gasteiger partial charge is 0.222 e. The molecular formula is C8H14N2O. The normalized spacial score (nSPS) is 32.6. The van der Waals surface area contributed by atoms with E-state index in [2.05, 4.69) is 11.9 Å². The molecule has 2 aliphatic heterocycles. The van der Waals surface area contributed by atoms with Gasteiger partial charge in [0.1, 0.15) is 0 Å². The van der Waals surface area contributed by atoms with Crippen LogP contribution in [-0.2, 0) is 4.79 Å². The Kier molecular flexibility index (Phi) is 1.60. The van der Waals surface area contributed by atoms with Gasteiger partial charge >= 0.3 is 0 Å². The summed E-state index contributed by atoms with van der Waals surface area (Å²) in [6.07, 6.45) is 1.85. The summed E-state index contributed by atoms with van der Waals surface area (Å²) in [5, 5.41) is 0. The van der Waals surface area contributed by atoms with E-state index in [1.807, 2.05) is 4.90 Å². The van der Waals surface area contributed by atoms with Crippen LogP contribution in [0.5, 0.6) is 0 Å². The SMILES string of the molecule is CN1CCN2C(=O)CC[C@@H]2C1. The zero-order valence-electron chi connectivity index (χ0n) is 6.92. The van der Waals surface area contributed by atoms with Crippen molar-refractivity contribution < 1.29 is 4.79 Å². The lowest BCUT2D eigenvalue weighted by atomic mass is 10.2. The van der Waals surface area contributed by atoms with Crippen molar-refractivity contribution in [3.8, 4) is 0 Å². The molecule has 2 fully saturated rings. The van der Waals surface area contributed by atoms with Crippen molar-refractivity contribution in [1.29, 1.82) is 0 Å². The van der Waals surface area contributed by atoms with Gasteiger partial charge in [0.15, 0.2) is 0 Å². The number of nitrogens with zero attached hydrogens (tertiary/aromatic N) is 2. The topological polar surface area (TPSA) is 23.6 Å². The van der Waals surface area contributed by atoms with Gasteiger partial charge < -0.3 is 9.80 Å². The van der Waals surface area contributed by atoms with E-state index in [0.717, 1.165) is 32.5 Å². The van der Waals surface area contributed by atoms with E-state index in [-0.39, 0.29) is 0 Å². The van der Waals surface area contributed by atoms with Crippen LogP contribution in [0.4, 0.5) is 0 Å². The Morgan fingerprint density at radius 3 is 3.09 bits per heavy atom. The Morgan fingerprint density at radius 2 is 2.27 bits per heavy atom. The highest BCUT2D eigenvalue weighted by Crippen LogP contribution is 2.21. The summed E-state index contributed by atoms with van der Waals surface area (Å²) in [5.74, 6) is 0.364. The third-order valence-electron chi connectivity index (χ3n) is 2.70. The Labute approximate surface area is 67.0 Å². The second-order valence-electron chi connectivity index (χ2n) is 3.54. The van der Waals surface area contributed by atoms with E-state index in [1.165, 1.54) is 0 Å². The van der Waals surface area contributed by atoms with Crippen LogP contribution in [0.1, 0.15) is 12.8 Å². The van der Waals surface area contributed by atoms with E-state index in [0.29, 0.717) is 11.9 Å². The van der Waals surface area contributed by atoms with Crippen molar-refractivity contribution in [2.45, 2.75) is 18.9 Å². The minimum atomic E-state index is 0.364. The molecular weight excluding hydrogens is 140 g/mol. The summed E-state index contributed by atoms with van der Waals surface area (Å²) in [4.78, 5) is 15.6. The van der Waals surface area contributed by atoms with Gasteiger partial charge in [0.05, 0.1) is 0 Å². The summed E-state index contributed by atoms with van der Waals surface area (Å²) in [5.41, 5.74) is 0. The maximum Gasteiger partial charge on any atom is 0.222 e. The third-order valence-corrected chi connectivity index (χ3v) is 2.70. The molecule has 0 aromatic heterocycles. The fraction of sp³-hybridized carbons (Fsp3) is 0.875. The molecule has 0 saturated carbocycles. The van der Waals surface area contributed by atoms with Gasteiger partial charge in [-0.1, -0.05) is 0 Å². The Bertz CT molecular complexity index is 181. The van der Waals surface area contributed by atoms with Gasteiger partial charge in [0.25, 0.3) is 0 Å². The van der Waals surface area contributed by atoms with Gasteiger partial charge in [-0.05, 0) is 13.5 Å². The van der Waals surface area contributed by atoms with Gasteiger partial charge in [0, 0.05) is 32.1 Å². The maximum atomic E-state index is 11.2. The summed E-state index contributed by atoms with van der Waals surface area (Å²) in [6.45, 7) is 3.06. The van der Waals surface area contributed by atoms with E-state index < -0.39 is 0 Å².